The summed E-state index contributed by atoms with van der Waals surface area (Å²) in [6.07, 6.45) is 1.76. The molecule has 0 amide bonds. The lowest BCUT2D eigenvalue weighted by Gasteiger charge is -2.01. The molecule has 5 heteroatoms. The minimum atomic E-state index is -0.982. The van der Waals surface area contributed by atoms with Crippen molar-refractivity contribution in [1.29, 1.82) is 0 Å². The number of carboxylic acids is 1. The largest absolute Gasteiger partial charge is 0.478 e. The summed E-state index contributed by atoms with van der Waals surface area (Å²) >= 11 is 0. The van der Waals surface area contributed by atoms with E-state index < -0.39 is 5.97 Å². The first-order valence-corrected chi connectivity index (χ1v) is 7.46. The number of aromatic amines is 1. The lowest BCUT2D eigenvalue weighted by atomic mass is 10.1. The Labute approximate surface area is 137 Å². The monoisotopic (exact) mass is 315 g/mol. The average molecular weight is 315 g/mol. The number of hydrogen-bond donors (Lipinski definition) is 2. The fourth-order valence-electron chi connectivity index (χ4n) is 2.67. The Morgan fingerprint density at radius 2 is 1.71 bits per heavy atom. The minimum absolute atomic E-state index is 0.195. The van der Waals surface area contributed by atoms with Gasteiger partial charge < -0.3 is 10.1 Å². The second-order valence-corrected chi connectivity index (χ2v) is 5.38. The molecule has 2 N–H and O–H groups in total. The molecule has 2 aromatic carbocycles. The van der Waals surface area contributed by atoms with Gasteiger partial charge in [0.15, 0.2) is 0 Å². The Morgan fingerprint density at radius 3 is 2.42 bits per heavy atom. The first-order valence-electron chi connectivity index (χ1n) is 7.46. The van der Waals surface area contributed by atoms with Crippen molar-refractivity contribution in [2.75, 3.05) is 0 Å². The Kier molecular flexibility index (Phi) is 3.31. The van der Waals surface area contributed by atoms with Gasteiger partial charge in [-0.2, -0.15) is 0 Å². The maximum Gasteiger partial charge on any atom is 0.337 e. The summed E-state index contributed by atoms with van der Waals surface area (Å²) in [5.74, 6) is -0.338. The molecule has 0 bridgehead atoms. The van der Waals surface area contributed by atoms with E-state index in [2.05, 4.69) is 15.0 Å². The highest BCUT2D eigenvalue weighted by Crippen LogP contribution is 2.25. The summed E-state index contributed by atoms with van der Waals surface area (Å²) in [4.78, 5) is 23.3. The van der Waals surface area contributed by atoms with Crippen molar-refractivity contribution in [3.63, 3.8) is 0 Å². The second-order valence-electron chi connectivity index (χ2n) is 5.38. The molecule has 2 aromatic heterocycles. The number of carboxylic acid groups (broad SMARTS) is 1. The summed E-state index contributed by atoms with van der Waals surface area (Å²) < 4.78 is 0. The number of fused-ring (bicyclic) bond motifs is 1. The van der Waals surface area contributed by atoms with Gasteiger partial charge in [-0.3, -0.25) is 4.98 Å². The zero-order chi connectivity index (χ0) is 16.5. The Bertz CT molecular complexity index is 1020. The number of rotatable bonds is 3. The molecule has 0 spiro atoms. The first kappa shape index (κ1) is 14.1. The predicted octanol–water partition coefficient (Wildman–Crippen LogP) is 3.99. The highest BCUT2D eigenvalue weighted by atomic mass is 16.4. The van der Waals surface area contributed by atoms with Crippen molar-refractivity contribution in [1.82, 2.24) is 15.0 Å². The fourth-order valence-corrected chi connectivity index (χ4v) is 2.67. The van der Waals surface area contributed by atoms with Crippen molar-refractivity contribution in [3.05, 3.63) is 72.4 Å². The molecule has 0 saturated carbocycles. The van der Waals surface area contributed by atoms with E-state index in [1.807, 2.05) is 48.5 Å². The fraction of sp³-hybridized carbons (Fsp3) is 0. The SMILES string of the molecule is O=C(O)c1cccc2[nH]c(-c3ccc(-c4ccccn4)cc3)nc12. The number of H-pyrrole nitrogens is 1. The quantitative estimate of drug-likeness (QED) is 0.599. The molecule has 2 heterocycles. The van der Waals surface area contributed by atoms with Gasteiger partial charge in [0.05, 0.1) is 16.8 Å². The molecule has 0 aliphatic heterocycles. The number of nitrogens with one attached hydrogen (secondary N) is 1. The van der Waals surface area contributed by atoms with E-state index in [9.17, 15) is 9.90 Å². The Hall–Kier alpha value is -3.47. The van der Waals surface area contributed by atoms with Gasteiger partial charge in [0.1, 0.15) is 11.3 Å². The molecular weight excluding hydrogens is 302 g/mol. The zero-order valence-electron chi connectivity index (χ0n) is 12.6. The molecule has 0 aliphatic carbocycles. The molecular formula is C19H13N3O2. The number of para-hydroxylation sites is 1. The lowest BCUT2D eigenvalue weighted by Crippen LogP contribution is -1.96. The van der Waals surface area contributed by atoms with Crippen molar-refractivity contribution < 1.29 is 9.90 Å². The van der Waals surface area contributed by atoms with Crippen LogP contribution in [0.1, 0.15) is 10.4 Å². The zero-order valence-corrected chi connectivity index (χ0v) is 12.6. The highest BCUT2D eigenvalue weighted by molar-refractivity contribution is 6.01. The van der Waals surface area contributed by atoms with Gasteiger partial charge in [0, 0.05) is 17.3 Å². The maximum atomic E-state index is 11.3. The molecule has 5 nitrogen and oxygen atoms in total. The molecule has 116 valence electrons. The third-order valence-corrected chi connectivity index (χ3v) is 3.86. The van der Waals surface area contributed by atoms with Crippen LogP contribution in [0.3, 0.4) is 0 Å². The summed E-state index contributed by atoms with van der Waals surface area (Å²) in [6, 6.07) is 18.7. The predicted molar refractivity (Wildman–Crippen MR) is 91.7 cm³/mol. The van der Waals surface area contributed by atoms with Crippen LogP contribution < -0.4 is 0 Å². The highest BCUT2D eigenvalue weighted by Gasteiger charge is 2.13. The third-order valence-electron chi connectivity index (χ3n) is 3.86. The summed E-state index contributed by atoms with van der Waals surface area (Å²) in [5, 5.41) is 9.26. The molecule has 4 rings (SSSR count). The van der Waals surface area contributed by atoms with Crippen LogP contribution in [-0.4, -0.2) is 26.0 Å². The van der Waals surface area contributed by atoms with Crippen molar-refractivity contribution in [2.45, 2.75) is 0 Å². The Balaban J connectivity index is 1.75. The third kappa shape index (κ3) is 2.42. The maximum absolute atomic E-state index is 11.3. The molecule has 0 unspecified atom stereocenters. The molecule has 0 atom stereocenters. The summed E-state index contributed by atoms with van der Waals surface area (Å²) in [6.45, 7) is 0. The van der Waals surface area contributed by atoms with E-state index in [4.69, 9.17) is 0 Å². The van der Waals surface area contributed by atoms with Crippen molar-refractivity contribution >= 4 is 17.0 Å². The number of aromatic carboxylic acids is 1. The number of aromatic nitrogens is 3. The molecule has 0 saturated heterocycles. The number of pyridine rings is 1. The number of hydrogen-bond acceptors (Lipinski definition) is 3. The topological polar surface area (TPSA) is 78.9 Å². The number of carbonyl (C=O) groups is 1. The van der Waals surface area contributed by atoms with Crippen LogP contribution in [0.5, 0.6) is 0 Å². The van der Waals surface area contributed by atoms with Gasteiger partial charge in [-0.25, -0.2) is 9.78 Å². The average Bonchev–Trinajstić information content (AvgIpc) is 3.06. The molecule has 24 heavy (non-hydrogen) atoms. The van der Waals surface area contributed by atoms with Gasteiger partial charge in [-0.05, 0) is 24.3 Å². The van der Waals surface area contributed by atoms with Gasteiger partial charge in [0.25, 0.3) is 0 Å². The molecule has 0 aliphatic rings. The number of benzene rings is 2. The van der Waals surface area contributed by atoms with E-state index in [0.29, 0.717) is 16.9 Å². The van der Waals surface area contributed by atoms with Crippen LogP contribution in [0.4, 0.5) is 0 Å². The first-order chi connectivity index (χ1) is 11.7. The van der Waals surface area contributed by atoms with Gasteiger partial charge in [-0.1, -0.05) is 36.4 Å². The van der Waals surface area contributed by atoms with E-state index in [-0.39, 0.29) is 5.56 Å². The minimum Gasteiger partial charge on any atom is -0.478 e. The number of nitrogens with zero attached hydrogens (tertiary/aromatic N) is 2. The smallest absolute Gasteiger partial charge is 0.337 e. The number of imidazole rings is 1. The Morgan fingerprint density at radius 1 is 0.917 bits per heavy atom. The summed E-state index contributed by atoms with van der Waals surface area (Å²) in [5.41, 5.74) is 4.18. The molecule has 4 aromatic rings. The van der Waals surface area contributed by atoms with Crippen LogP contribution in [0.25, 0.3) is 33.7 Å². The van der Waals surface area contributed by atoms with Crippen LogP contribution in [0, 0.1) is 0 Å². The van der Waals surface area contributed by atoms with Gasteiger partial charge in [-0.15, -0.1) is 0 Å². The molecule has 0 radical (unpaired) electrons. The summed E-state index contributed by atoms with van der Waals surface area (Å²) in [7, 11) is 0. The van der Waals surface area contributed by atoms with Gasteiger partial charge >= 0.3 is 5.97 Å². The normalized spacial score (nSPS) is 10.8. The van der Waals surface area contributed by atoms with E-state index in [1.165, 1.54) is 0 Å². The van der Waals surface area contributed by atoms with Gasteiger partial charge in [0.2, 0.25) is 0 Å². The van der Waals surface area contributed by atoms with Crippen LogP contribution in [0.15, 0.2) is 66.9 Å². The van der Waals surface area contributed by atoms with Crippen molar-refractivity contribution in [2.24, 2.45) is 0 Å². The van der Waals surface area contributed by atoms with E-state index in [1.54, 1.807) is 18.3 Å². The van der Waals surface area contributed by atoms with Crippen LogP contribution in [0.2, 0.25) is 0 Å². The van der Waals surface area contributed by atoms with Crippen molar-refractivity contribution in [3.8, 4) is 22.6 Å². The van der Waals surface area contributed by atoms with E-state index >= 15 is 0 Å². The molecule has 0 fully saturated rings. The van der Waals surface area contributed by atoms with E-state index in [0.717, 1.165) is 16.8 Å². The van der Waals surface area contributed by atoms with Crippen LogP contribution >= 0.6 is 0 Å². The standard InChI is InChI=1S/C19H13N3O2/c23-19(24)14-4-3-6-16-17(14)22-18(21-16)13-9-7-12(8-10-13)15-5-1-2-11-20-15/h1-11H,(H,21,22)(H,23,24). The van der Waals surface area contributed by atoms with Crippen LogP contribution in [-0.2, 0) is 0 Å². The second kappa shape index (κ2) is 5.62. The lowest BCUT2D eigenvalue weighted by molar-refractivity contribution is 0.0699.